The lowest BCUT2D eigenvalue weighted by Crippen LogP contribution is -2.30. The molecule has 3 nitrogen and oxygen atoms in total. The summed E-state index contributed by atoms with van der Waals surface area (Å²) in [6.07, 6.45) is -0.749. The summed E-state index contributed by atoms with van der Waals surface area (Å²) in [6.45, 7) is 3.45. The van der Waals surface area contributed by atoms with Gasteiger partial charge in [-0.25, -0.2) is 4.39 Å². The van der Waals surface area contributed by atoms with Crippen molar-refractivity contribution in [3.05, 3.63) is 57.8 Å². The van der Waals surface area contributed by atoms with Gasteiger partial charge in [0.1, 0.15) is 11.6 Å². The Morgan fingerprint density at radius 1 is 1.23 bits per heavy atom. The first-order chi connectivity index (χ1) is 10.4. The molecular weight excluding hydrogens is 328 g/mol. The van der Waals surface area contributed by atoms with Crippen LogP contribution in [0.15, 0.2) is 36.4 Å². The fourth-order valence-electron chi connectivity index (χ4n) is 1.81. The van der Waals surface area contributed by atoms with Gasteiger partial charge in [0, 0.05) is 5.02 Å². The van der Waals surface area contributed by atoms with E-state index in [1.54, 1.807) is 25.1 Å². The van der Waals surface area contributed by atoms with Gasteiger partial charge in [0.2, 0.25) is 0 Å². The number of rotatable bonds is 4. The second-order valence-corrected chi connectivity index (χ2v) is 5.63. The van der Waals surface area contributed by atoms with E-state index in [9.17, 15) is 9.18 Å². The predicted octanol–water partition coefficient (Wildman–Crippen LogP) is 4.85. The summed E-state index contributed by atoms with van der Waals surface area (Å²) in [5.74, 6) is -0.288. The first-order valence-electron chi connectivity index (χ1n) is 6.55. The molecule has 2 rings (SSSR count). The summed E-state index contributed by atoms with van der Waals surface area (Å²) in [6, 6.07) is 8.88. The van der Waals surface area contributed by atoms with Gasteiger partial charge < -0.3 is 10.1 Å². The molecule has 0 aliphatic rings. The average molecular weight is 342 g/mol. The molecule has 1 amide bonds. The summed E-state index contributed by atoms with van der Waals surface area (Å²) in [5, 5.41) is 3.32. The zero-order valence-corrected chi connectivity index (χ0v) is 13.5. The number of hydrogen-bond acceptors (Lipinski definition) is 2. The number of carbonyl (C=O) groups excluding carboxylic acids is 1. The van der Waals surface area contributed by atoms with E-state index in [2.05, 4.69) is 5.32 Å². The van der Waals surface area contributed by atoms with Crippen LogP contribution in [0.1, 0.15) is 12.5 Å². The van der Waals surface area contributed by atoms with Crippen molar-refractivity contribution in [2.75, 3.05) is 5.32 Å². The highest BCUT2D eigenvalue weighted by molar-refractivity contribution is 6.33. The molecule has 0 aliphatic carbocycles. The Bertz CT molecular complexity index is 707. The van der Waals surface area contributed by atoms with Gasteiger partial charge in [0.05, 0.1) is 10.7 Å². The Kier molecular flexibility index (Phi) is 5.27. The van der Waals surface area contributed by atoms with Crippen molar-refractivity contribution in [3.8, 4) is 5.75 Å². The van der Waals surface area contributed by atoms with Crippen molar-refractivity contribution in [1.82, 2.24) is 0 Å². The van der Waals surface area contributed by atoms with Crippen LogP contribution in [0.2, 0.25) is 10.0 Å². The third kappa shape index (κ3) is 4.12. The topological polar surface area (TPSA) is 38.3 Å². The molecule has 0 saturated heterocycles. The van der Waals surface area contributed by atoms with Gasteiger partial charge in [-0.3, -0.25) is 4.79 Å². The zero-order valence-electron chi connectivity index (χ0n) is 12.0. The average Bonchev–Trinajstić information content (AvgIpc) is 2.44. The molecule has 1 atom stereocenters. The Labute approximate surface area is 138 Å². The van der Waals surface area contributed by atoms with E-state index in [0.29, 0.717) is 16.5 Å². The van der Waals surface area contributed by atoms with E-state index in [0.717, 1.165) is 11.6 Å². The van der Waals surface area contributed by atoms with Crippen LogP contribution in [0.25, 0.3) is 0 Å². The van der Waals surface area contributed by atoms with Gasteiger partial charge in [-0.2, -0.15) is 0 Å². The van der Waals surface area contributed by atoms with Crippen LogP contribution in [0.5, 0.6) is 5.75 Å². The number of hydrogen-bond donors (Lipinski definition) is 1. The zero-order chi connectivity index (χ0) is 16.3. The monoisotopic (exact) mass is 341 g/mol. The molecule has 2 aromatic carbocycles. The number of aryl methyl sites for hydroxylation is 1. The van der Waals surface area contributed by atoms with Gasteiger partial charge in [-0.15, -0.1) is 0 Å². The third-order valence-electron chi connectivity index (χ3n) is 3.00. The maximum absolute atomic E-state index is 13.0. The molecule has 0 fully saturated rings. The molecule has 2 aromatic rings. The highest BCUT2D eigenvalue weighted by Gasteiger charge is 2.17. The molecule has 0 saturated carbocycles. The number of anilines is 1. The Morgan fingerprint density at radius 3 is 2.59 bits per heavy atom. The van der Waals surface area contributed by atoms with E-state index in [1.165, 1.54) is 12.1 Å². The van der Waals surface area contributed by atoms with E-state index in [1.807, 2.05) is 6.92 Å². The Morgan fingerprint density at radius 2 is 1.95 bits per heavy atom. The second kappa shape index (κ2) is 6.99. The molecule has 0 aromatic heterocycles. The summed E-state index contributed by atoms with van der Waals surface area (Å²) in [4.78, 5) is 12.1. The fourth-order valence-corrected chi connectivity index (χ4v) is 2.26. The maximum atomic E-state index is 13.0. The van der Waals surface area contributed by atoms with Crippen molar-refractivity contribution in [2.24, 2.45) is 0 Å². The first kappa shape index (κ1) is 16.6. The number of nitrogens with one attached hydrogen (secondary N) is 1. The van der Waals surface area contributed by atoms with Crippen molar-refractivity contribution < 1.29 is 13.9 Å². The van der Waals surface area contributed by atoms with Crippen LogP contribution in [0.4, 0.5) is 10.1 Å². The molecule has 22 heavy (non-hydrogen) atoms. The molecule has 1 N–H and O–H groups in total. The number of ether oxygens (including phenoxy) is 1. The molecule has 116 valence electrons. The van der Waals surface area contributed by atoms with Crippen molar-refractivity contribution in [1.29, 1.82) is 0 Å². The minimum absolute atomic E-state index is 0.128. The van der Waals surface area contributed by atoms with Gasteiger partial charge >= 0.3 is 0 Å². The van der Waals surface area contributed by atoms with Gasteiger partial charge in [-0.05, 0) is 55.8 Å². The van der Waals surface area contributed by atoms with E-state index in [-0.39, 0.29) is 10.9 Å². The Balaban J connectivity index is 2.05. The second-order valence-electron chi connectivity index (χ2n) is 4.78. The smallest absolute Gasteiger partial charge is 0.265 e. The SMILES string of the molecule is Cc1cc(Cl)ccc1O[C@H](C)C(=O)Nc1ccc(F)cc1Cl. The van der Waals surface area contributed by atoms with Crippen LogP contribution < -0.4 is 10.1 Å². The summed E-state index contributed by atoms with van der Waals surface area (Å²) in [7, 11) is 0. The first-order valence-corrected chi connectivity index (χ1v) is 7.31. The number of halogens is 3. The highest BCUT2D eigenvalue weighted by Crippen LogP contribution is 2.25. The third-order valence-corrected chi connectivity index (χ3v) is 3.55. The fraction of sp³-hybridized carbons (Fsp3) is 0.188. The molecule has 0 radical (unpaired) electrons. The molecule has 0 bridgehead atoms. The van der Waals surface area contributed by atoms with Gasteiger partial charge in [0.25, 0.3) is 5.91 Å². The minimum atomic E-state index is -0.749. The molecule has 0 unspecified atom stereocenters. The predicted molar refractivity (Wildman–Crippen MR) is 86.3 cm³/mol. The lowest BCUT2D eigenvalue weighted by atomic mass is 10.2. The number of benzene rings is 2. The molecule has 0 spiro atoms. The quantitative estimate of drug-likeness (QED) is 0.863. The lowest BCUT2D eigenvalue weighted by molar-refractivity contribution is -0.122. The summed E-state index contributed by atoms with van der Waals surface area (Å²) >= 11 is 11.7. The van der Waals surface area contributed by atoms with Crippen molar-refractivity contribution in [2.45, 2.75) is 20.0 Å². The molecular formula is C16H14Cl2FNO2. The van der Waals surface area contributed by atoms with E-state index in [4.69, 9.17) is 27.9 Å². The number of amides is 1. The van der Waals surface area contributed by atoms with Crippen LogP contribution in [-0.2, 0) is 4.79 Å². The molecule has 6 heteroatoms. The normalized spacial score (nSPS) is 11.9. The van der Waals surface area contributed by atoms with Gasteiger partial charge in [-0.1, -0.05) is 23.2 Å². The van der Waals surface area contributed by atoms with Crippen LogP contribution >= 0.6 is 23.2 Å². The van der Waals surface area contributed by atoms with Crippen LogP contribution in [0, 0.1) is 12.7 Å². The van der Waals surface area contributed by atoms with Crippen molar-refractivity contribution in [3.63, 3.8) is 0 Å². The van der Waals surface area contributed by atoms with Gasteiger partial charge in [0.15, 0.2) is 6.10 Å². The maximum Gasteiger partial charge on any atom is 0.265 e. The van der Waals surface area contributed by atoms with Crippen molar-refractivity contribution >= 4 is 34.8 Å². The highest BCUT2D eigenvalue weighted by atomic mass is 35.5. The number of carbonyl (C=O) groups is 1. The minimum Gasteiger partial charge on any atom is -0.481 e. The molecule has 0 aliphatic heterocycles. The van der Waals surface area contributed by atoms with E-state index >= 15 is 0 Å². The lowest BCUT2D eigenvalue weighted by Gasteiger charge is -2.17. The van der Waals surface area contributed by atoms with Crippen LogP contribution in [0.3, 0.4) is 0 Å². The van der Waals surface area contributed by atoms with E-state index < -0.39 is 11.9 Å². The summed E-state index contributed by atoms with van der Waals surface area (Å²) in [5.41, 5.74) is 1.16. The summed E-state index contributed by atoms with van der Waals surface area (Å²) < 4.78 is 18.6. The molecule has 0 heterocycles. The Hall–Kier alpha value is -1.78. The standard InChI is InChI=1S/C16H14Cl2FNO2/c1-9-7-11(17)3-6-15(9)22-10(2)16(21)20-14-5-4-12(19)8-13(14)18/h3-8,10H,1-2H3,(H,20,21)/t10-/m1/s1. The van der Waals surface area contributed by atoms with Crippen LogP contribution in [-0.4, -0.2) is 12.0 Å². The largest absolute Gasteiger partial charge is 0.481 e.